The Morgan fingerprint density at radius 3 is 2.84 bits per heavy atom. The topological polar surface area (TPSA) is 58.6 Å². The van der Waals surface area contributed by atoms with Crippen molar-refractivity contribution in [3.05, 3.63) is 23.8 Å². The van der Waals surface area contributed by atoms with Gasteiger partial charge in [-0.05, 0) is 44.4 Å². The number of aliphatic carboxylic acids is 1. The predicted octanol–water partition coefficient (Wildman–Crippen LogP) is 3.45. The highest BCUT2D eigenvalue weighted by Gasteiger charge is 2.09. The first kappa shape index (κ1) is 15.3. The molecule has 1 aromatic carbocycles. The van der Waals surface area contributed by atoms with E-state index < -0.39 is 5.97 Å². The number of carbonyl (C=O) groups is 1. The normalized spacial score (nSPS) is 11.9. The second-order valence-electron chi connectivity index (χ2n) is 4.83. The van der Waals surface area contributed by atoms with E-state index in [0.29, 0.717) is 13.0 Å². The Kier molecular flexibility index (Phi) is 6.19. The van der Waals surface area contributed by atoms with Crippen molar-refractivity contribution >= 4 is 11.7 Å². The van der Waals surface area contributed by atoms with Crippen molar-refractivity contribution in [1.29, 1.82) is 0 Å². The first-order valence-electron chi connectivity index (χ1n) is 6.74. The monoisotopic (exact) mass is 265 g/mol. The number of anilines is 1. The van der Waals surface area contributed by atoms with E-state index in [2.05, 4.69) is 12.2 Å². The highest BCUT2D eigenvalue weighted by atomic mass is 16.5. The molecule has 2 N–H and O–H groups in total. The Balaban J connectivity index is 2.67. The van der Waals surface area contributed by atoms with Crippen LogP contribution in [0.1, 0.15) is 38.7 Å². The Hall–Kier alpha value is -1.71. The molecule has 0 spiro atoms. The standard InChI is InChI=1S/C15H23NO3/c1-4-9-19-14-10-11(2)5-7-13(14)16-12(3)6-8-15(17)18/h5,7,10,12,16H,4,6,8-9H2,1-3H3,(H,17,18). The lowest BCUT2D eigenvalue weighted by Gasteiger charge is -2.18. The van der Waals surface area contributed by atoms with E-state index in [1.165, 1.54) is 0 Å². The second kappa shape index (κ2) is 7.67. The number of benzene rings is 1. The average molecular weight is 265 g/mol. The summed E-state index contributed by atoms with van der Waals surface area (Å²) in [6.45, 7) is 6.75. The molecule has 1 unspecified atom stereocenters. The fourth-order valence-corrected chi connectivity index (χ4v) is 1.76. The van der Waals surface area contributed by atoms with Crippen LogP contribution in [0, 0.1) is 6.92 Å². The van der Waals surface area contributed by atoms with Gasteiger partial charge in [0, 0.05) is 12.5 Å². The Morgan fingerprint density at radius 2 is 2.21 bits per heavy atom. The zero-order chi connectivity index (χ0) is 14.3. The highest BCUT2D eigenvalue weighted by Crippen LogP contribution is 2.27. The molecule has 0 saturated carbocycles. The van der Waals surface area contributed by atoms with Crippen LogP contribution in [0.15, 0.2) is 18.2 Å². The van der Waals surface area contributed by atoms with Crippen molar-refractivity contribution in [3.63, 3.8) is 0 Å². The molecule has 1 atom stereocenters. The summed E-state index contributed by atoms with van der Waals surface area (Å²) in [6, 6.07) is 6.10. The number of carboxylic acids is 1. The van der Waals surface area contributed by atoms with Crippen LogP contribution in [-0.2, 0) is 4.79 Å². The van der Waals surface area contributed by atoms with Gasteiger partial charge in [0.2, 0.25) is 0 Å². The molecule has 0 aromatic heterocycles. The van der Waals surface area contributed by atoms with Crippen LogP contribution in [0.3, 0.4) is 0 Å². The van der Waals surface area contributed by atoms with Gasteiger partial charge in [0.1, 0.15) is 5.75 Å². The molecule has 1 rings (SSSR count). The SMILES string of the molecule is CCCOc1cc(C)ccc1NC(C)CCC(=O)O. The molecule has 106 valence electrons. The smallest absolute Gasteiger partial charge is 0.303 e. The minimum absolute atomic E-state index is 0.0998. The zero-order valence-corrected chi connectivity index (χ0v) is 11.9. The number of rotatable bonds is 8. The summed E-state index contributed by atoms with van der Waals surface area (Å²) < 4.78 is 5.71. The summed E-state index contributed by atoms with van der Waals surface area (Å²) in [5, 5.41) is 12.0. The van der Waals surface area contributed by atoms with Gasteiger partial charge in [-0.2, -0.15) is 0 Å². The van der Waals surface area contributed by atoms with Crippen molar-refractivity contribution in [3.8, 4) is 5.75 Å². The fraction of sp³-hybridized carbons (Fsp3) is 0.533. The summed E-state index contributed by atoms with van der Waals surface area (Å²) in [5.41, 5.74) is 2.08. The predicted molar refractivity (Wildman–Crippen MR) is 76.9 cm³/mol. The summed E-state index contributed by atoms with van der Waals surface area (Å²) in [5.74, 6) is 0.0732. The van der Waals surface area contributed by atoms with Gasteiger partial charge < -0.3 is 15.2 Å². The van der Waals surface area contributed by atoms with Gasteiger partial charge in [-0.1, -0.05) is 13.0 Å². The molecule has 0 heterocycles. The molecule has 0 fully saturated rings. The van der Waals surface area contributed by atoms with E-state index in [1.54, 1.807) is 0 Å². The molecule has 1 aromatic rings. The molecule has 0 amide bonds. The number of ether oxygens (including phenoxy) is 1. The van der Waals surface area contributed by atoms with E-state index in [9.17, 15) is 4.79 Å². The van der Waals surface area contributed by atoms with Crippen LogP contribution in [0.25, 0.3) is 0 Å². The van der Waals surface area contributed by atoms with Crippen LogP contribution in [0.5, 0.6) is 5.75 Å². The number of hydrogen-bond donors (Lipinski definition) is 2. The maximum Gasteiger partial charge on any atom is 0.303 e. The molecule has 0 aliphatic heterocycles. The quantitative estimate of drug-likeness (QED) is 0.756. The van der Waals surface area contributed by atoms with Crippen molar-refractivity contribution < 1.29 is 14.6 Å². The van der Waals surface area contributed by atoms with Crippen molar-refractivity contribution in [1.82, 2.24) is 0 Å². The van der Waals surface area contributed by atoms with Crippen LogP contribution in [0.4, 0.5) is 5.69 Å². The summed E-state index contributed by atoms with van der Waals surface area (Å²) in [7, 11) is 0. The van der Waals surface area contributed by atoms with E-state index in [1.807, 2.05) is 32.0 Å². The van der Waals surface area contributed by atoms with Crippen molar-refractivity contribution in [2.45, 2.75) is 46.1 Å². The van der Waals surface area contributed by atoms with Crippen LogP contribution in [-0.4, -0.2) is 23.7 Å². The second-order valence-corrected chi connectivity index (χ2v) is 4.83. The van der Waals surface area contributed by atoms with Crippen molar-refractivity contribution in [2.24, 2.45) is 0 Å². The molecule has 0 bridgehead atoms. The molecule has 19 heavy (non-hydrogen) atoms. The largest absolute Gasteiger partial charge is 0.491 e. The fourth-order valence-electron chi connectivity index (χ4n) is 1.76. The summed E-state index contributed by atoms with van der Waals surface area (Å²) in [6.07, 6.45) is 1.73. The molecule has 4 nitrogen and oxygen atoms in total. The number of carboxylic acid groups (broad SMARTS) is 1. The maximum absolute atomic E-state index is 10.6. The number of aryl methyl sites for hydroxylation is 1. The van der Waals surface area contributed by atoms with Crippen LogP contribution < -0.4 is 10.1 Å². The molecule has 0 aliphatic rings. The molecule has 0 radical (unpaired) electrons. The third-order valence-corrected chi connectivity index (χ3v) is 2.79. The zero-order valence-electron chi connectivity index (χ0n) is 11.9. The van der Waals surface area contributed by atoms with Crippen molar-refractivity contribution in [2.75, 3.05) is 11.9 Å². The maximum atomic E-state index is 10.6. The van der Waals surface area contributed by atoms with E-state index >= 15 is 0 Å². The van der Waals surface area contributed by atoms with Gasteiger partial charge in [0.15, 0.2) is 0 Å². The number of hydrogen-bond acceptors (Lipinski definition) is 3. The van der Waals surface area contributed by atoms with Crippen LogP contribution >= 0.6 is 0 Å². The molecule has 4 heteroatoms. The molecular weight excluding hydrogens is 242 g/mol. The third-order valence-electron chi connectivity index (χ3n) is 2.79. The lowest BCUT2D eigenvalue weighted by Crippen LogP contribution is -2.17. The summed E-state index contributed by atoms with van der Waals surface area (Å²) >= 11 is 0. The van der Waals surface area contributed by atoms with Gasteiger partial charge in [0.05, 0.1) is 12.3 Å². The minimum Gasteiger partial charge on any atom is -0.491 e. The first-order chi connectivity index (χ1) is 9.02. The van der Waals surface area contributed by atoms with Gasteiger partial charge in [-0.15, -0.1) is 0 Å². The Morgan fingerprint density at radius 1 is 1.47 bits per heavy atom. The van der Waals surface area contributed by atoms with Gasteiger partial charge in [0.25, 0.3) is 0 Å². The van der Waals surface area contributed by atoms with E-state index in [4.69, 9.17) is 9.84 Å². The van der Waals surface area contributed by atoms with Gasteiger partial charge in [-0.25, -0.2) is 0 Å². The van der Waals surface area contributed by atoms with E-state index in [-0.39, 0.29) is 12.5 Å². The Labute approximate surface area is 114 Å². The lowest BCUT2D eigenvalue weighted by molar-refractivity contribution is -0.137. The van der Waals surface area contributed by atoms with E-state index in [0.717, 1.165) is 23.4 Å². The van der Waals surface area contributed by atoms with Gasteiger partial charge >= 0.3 is 5.97 Å². The third kappa shape index (κ3) is 5.64. The first-order valence-corrected chi connectivity index (χ1v) is 6.74. The highest BCUT2D eigenvalue weighted by molar-refractivity contribution is 5.67. The number of nitrogens with one attached hydrogen (secondary N) is 1. The molecule has 0 saturated heterocycles. The Bertz CT molecular complexity index is 418. The molecular formula is C15H23NO3. The minimum atomic E-state index is -0.764. The molecule has 0 aliphatic carbocycles. The summed E-state index contributed by atoms with van der Waals surface area (Å²) in [4.78, 5) is 10.6. The lowest BCUT2D eigenvalue weighted by atomic mass is 10.1. The average Bonchev–Trinajstić information content (AvgIpc) is 2.36. The van der Waals surface area contributed by atoms with Gasteiger partial charge in [-0.3, -0.25) is 4.79 Å². The van der Waals surface area contributed by atoms with Crippen LogP contribution in [0.2, 0.25) is 0 Å².